The lowest BCUT2D eigenvalue weighted by molar-refractivity contribution is 0.462. The number of benzene rings is 1. The zero-order valence-corrected chi connectivity index (χ0v) is 10.9. The van der Waals surface area contributed by atoms with Crippen molar-refractivity contribution >= 4 is 26.5 Å². The number of fused-ring (bicyclic) bond motifs is 3. The molecule has 1 aromatic carbocycles. The van der Waals surface area contributed by atoms with E-state index in [1.54, 1.807) is 11.3 Å². The molecule has 0 radical (unpaired) electrons. The van der Waals surface area contributed by atoms with E-state index in [0.717, 1.165) is 11.5 Å². The molecule has 0 aliphatic carbocycles. The van der Waals surface area contributed by atoms with E-state index in [0.29, 0.717) is 5.92 Å². The Labute approximate surface area is 109 Å². The molecule has 3 aromatic rings. The van der Waals surface area contributed by atoms with Crippen LogP contribution in [0.4, 0.5) is 0 Å². The van der Waals surface area contributed by atoms with Gasteiger partial charge in [-0.25, -0.2) is 4.98 Å². The maximum atomic E-state index is 4.37. The Hall–Kier alpha value is -1.39. The zero-order chi connectivity index (χ0) is 11.9. The second kappa shape index (κ2) is 4.07. The first kappa shape index (κ1) is 10.5. The van der Waals surface area contributed by atoms with Crippen LogP contribution in [0.5, 0.6) is 0 Å². The van der Waals surface area contributed by atoms with Crippen molar-refractivity contribution in [2.75, 3.05) is 13.1 Å². The van der Waals surface area contributed by atoms with Gasteiger partial charge in [0.05, 0.1) is 10.2 Å². The summed E-state index contributed by atoms with van der Waals surface area (Å²) in [6.07, 6.45) is 6.50. The molecule has 1 N–H and O–H groups in total. The molecule has 1 unspecified atom stereocenters. The van der Waals surface area contributed by atoms with Crippen LogP contribution in [0.25, 0.3) is 15.2 Å². The highest BCUT2D eigenvalue weighted by molar-refractivity contribution is 7.23. The number of aromatic nitrogens is 2. The summed E-state index contributed by atoms with van der Waals surface area (Å²) in [4.78, 5) is 5.45. The lowest BCUT2D eigenvalue weighted by Crippen LogP contribution is -2.28. The summed E-state index contributed by atoms with van der Waals surface area (Å²) < 4.78 is 3.52. The second-order valence-electron chi connectivity index (χ2n) is 4.95. The van der Waals surface area contributed by atoms with Crippen LogP contribution in [0.2, 0.25) is 0 Å². The molecule has 4 heteroatoms. The minimum atomic E-state index is 0.678. The largest absolute Gasteiger partial charge is 0.316 e. The van der Waals surface area contributed by atoms with Crippen molar-refractivity contribution in [2.24, 2.45) is 0 Å². The van der Waals surface area contributed by atoms with Gasteiger partial charge in [0.2, 0.25) is 0 Å². The van der Waals surface area contributed by atoms with Gasteiger partial charge in [0.25, 0.3) is 0 Å². The van der Waals surface area contributed by atoms with Crippen molar-refractivity contribution in [1.29, 1.82) is 0 Å². The quantitative estimate of drug-likeness (QED) is 0.726. The van der Waals surface area contributed by atoms with Gasteiger partial charge >= 0.3 is 0 Å². The van der Waals surface area contributed by atoms with E-state index in [1.165, 1.54) is 35.2 Å². The molecular formula is C14H15N3S. The summed E-state index contributed by atoms with van der Waals surface area (Å²) >= 11 is 1.78. The molecule has 1 aliphatic heterocycles. The van der Waals surface area contributed by atoms with Crippen LogP contribution in [0, 0.1) is 0 Å². The highest BCUT2D eigenvalue weighted by Gasteiger charge is 2.16. The van der Waals surface area contributed by atoms with Crippen LogP contribution in [-0.2, 0) is 0 Å². The third-order valence-electron chi connectivity index (χ3n) is 3.82. The molecular weight excluding hydrogens is 242 g/mol. The molecule has 2 aromatic heterocycles. The lowest BCUT2D eigenvalue weighted by Gasteiger charge is -2.23. The molecule has 1 fully saturated rings. The number of nitrogens with one attached hydrogen (secondary N) is 1. The molecule has 4 rings (SSSR count). The fourth-order valence-electron chi connectivity index (χ4n) is 2.85. The fraction of sp³-hybridized carbons (Fsp3) is 0.357. The van der Waals surface area contributed by atoms with Crippen molar-refractivity contribution in [1.82, 2.24) is 14.7 Å². The van der Waals surface area contributed by atoms with E-state index in [1.807, 2.05) is 12.4 Å². The van der Waals surface area contributed by atoms with Gasteiger partial charge in [0.1, 0.15) is 0 Å². The van der Waals surface area contributed by atoms with Gasteiger partial charge in [0.15, 0.2) is 4.96 Å². The Kier molecular flexibility index (Phi) is 2.38. The van der Waals surface area contributed by atoms with Crippen LogP contribution in [0.15, 0.2) is 30.6 Å². The van der Waals surface area contributed by atoms with Crippen LogP contribution in [0.3, 0.4) is 0 Å². The molecule has 92 valence electrons. The van der Waals surface area contributed by atoms with Gasteiger partial charge in [-0.05, 0) is 43.0 Å². The standard InChI is InChI=1S/C14H15N3S/c1-2-11(9-15-5-1)10-3-4-12-13(8-10)18-14-16-6-7-17(12)14/h3-4,6-8,11,15H,1-2,5,9H2. The molecule has 18 heavy (non-hydrogen) atoms. The first-order valence-electron chi connectivity index (χ1n) is 6.48. The van der Waals surface area contributed by atoms with Crippen molar-refractivity contribution in [3.05, 3.63) is 36.2 Å². The molecule has 1 atom stereocenters. The Bertz CT molecular complexity index is 691. The number of rotatable bonds is 1. The van der Waals surface area contributed by atoms with Gasteiger partial charge in [-0.2, -0.15) is 0 Å². The zero-order valence-electron chi connectivity index (χ0n) is 10.1. The predicted molar refractivity (Wildman–Crippen MR) is 75.4 cm³/mol. The minimum Gasteiger partial charge on any atom is -0.316 e. The number of imidazole rings is 1. The molecule has 0 bridgehead atoms. The average molecular weight is 257 g/mol. The van der Waals surface area contributed by atoms with E-state index < -0.39 is 0 Å². The predicted octanol–water partition coefficient (Wildman–Crippen LogP) is 3.02. The summed E-state index contributed by atoms with van der Waals surface area (Å²) in [6, 6.07) is 6.88. The highest BCUT2D eigenvalue weighted by Crippen LogP contribution is 2.30. The molecule has 0 amide bonds. The van der Waals surface area contributed by atoms with Crippen LogP contribution in [-0.4, -0.2) is 22.5 Å². The number of hydrogen-bond acceptors (Lipinski definition) is 3. The molecule has 3 nitrogen and oxygen atoms in total. The van der Waals surface area contributed by atoms with Crippen LogP contribution in [0.1, 0.15) is 24.3 Å². The fourth-order valence-corrected chi connectivity index (χ4v) is 3.88. The molecule has 0 saturated carbocycles. The van der Waals surface area contributed by atoms with Gasteiger partial charge in [0, 0.05) is 18.9 Å². The van der Waals surface area contributed by atoms with E-state index in [-0.39, 0.29) is 0 Å². The molecule has 0 spiro atoms. The van der Waals surface area contributed by atoms with Crippen LogP contribution < -0.4 is 5.32 Å². The molecule has 1 aliphatic rings. The summed E-state index contributed by atoms with van der Waals surface area (Å²) in [5.41, 5.74) is 2.75. The summed E-state index contributed by atoms with van der Waals surface area (Å²) in [5, 5.41) is 3.49. The first-order valence-corrected chi connectivity index (χ1v) is 7.30. The molecule has 1 saturated heterocycles. The maximum Gasteiger partial charge on any atom is 0.194 e. The number of piperidine rings is 1. The van der Waals surface area contributed by atoms with Crippen LogP contribution >= 0.6 is 11.3 Å². The highest BCUT2D eigenvalue weighted by atomic mass is 32.1. The van der Waals surface area contributed by atoms with Gasteiger partial charge < -0.3 is 5.32 Å². The van der Waals surface area contributed by atoms with Gasteiger partial charge in [-0.15, -0.1) is 0 Å². The summed E-state index contributed by atoms with van der Waals surface area (Å²) in [5.74, 6) is 0.678. The third-order valence-corrected chi connectivity index (χ3v) is 4.85. The van der Waals surface area contributed by atoms with Crippen molar-refractivity contribution < 1.29 is 0 Å². The topological polar surface area (TPSA) is 29.3 Å². The number of thiazole rings is 1. The Morgan fingerprint density at radius 2 is 2.39 bits per heavy atom. The smallest absolute Gasteiger partial charge is 0.194 e. The van der Waals surface area contributed by atoms with Crippen molar-refractivity contribution in [2.45, 2.75) is 18.8 Å². The van der Waals surface area contributed by atoms with E-state index >= 15 is 0 Å². The Morgan fingerprint density at radius 1 is 1.39 bits per heavy atom. The van der Waals surface area contributed by atoms with E-state index in [4.69, 9.17) is 0 Å². The Morgan fingerprint density at radius 3 is 3.28 bits per heavy atom. The molecule has 3 heterocycles. The third kappa shape index (κ3) is 1.56. The number of nitrogens with zero attached hydrogens (tertiary/aromatic N) is 2. The van der Waals surface area contributed by atoms with E-state index in [2.05, 4.69) is 32.9 Å². The van der Waals surface area contributed by atoms with E-state index in [9.17, 15) is 0 Å². The average Bonchev–Trinajstić information content (AvgIpc) is 2.99. The minimum absolute atomic E-state index is 0.678. The Balaban J connectivity index is 1.82. The summed E-state index contributed by atoms with van der Waals surface area (Å²) in [7, 11) is 0. The van der Waals surface area contributed by atoms with Gasteiger partial charge in [-0.3, -0.25) is 4.40 Å². The second-order valence-corrected chi connectivity index (χ2v) is 5.96. The van der Waals surface area contributed by atoms with Crippen molar-refractivity contribution in [3.63, 3.8) is 0 Å². The SMILES string of the molecule is c1cn2c(n1)sc1cc(C3CCCNC3)ccc12. The normalized spacial score (nSPS) is 20.8. The first-order chi connectivity index (χ1) is 8.92. The van der Waals surface area contributed by atoms with Crippen molar-refractivity contribution in [3.8, 4) is 0 Å². The maximum absolute atomic E-state index is 4.37. The van der Waals surface area contributed by atoms with Gasteiger partial charge in [-0.1, -0.05) is 17.4 Å². The monoisotopic (exact) mass is 257 g/mol. The number of hydrogen-bond donors (Lipinski definition) is 1. The lowest BCUT2D eigenvalue weighted by atomic mass is 9.92. The summed E-state index contributed by atoms with van der Waals surface area (Å²) in [6.45, 7) is 2.29.